The molecule has 0 aliphatic carbocycles. The van der Waals surface area contributed by atoms with Crippen LogP contribution in [0.15, 0.2) is 84.5 Å². The number of benzene rings is 2. The summed E-state index contributed by atoms with van der Waals surface area (Å²) in [5.41, 5.74) is 10.9. The second kappa shape index (κ2) is 11.7. The molecule has 0 saturated heterocycles. The fourth-order valence-electron chi connectivity index (χ4n) is 3.77. The number of amides is 1. The molecule has 34 heavy (non-hydrogen) atoms. The molecule has 172 valence electrons. The minimum atomic E-state index is -0.785. The Morgan fingerprint density at radius 1 is 1.06 bits per heavy atom. The van der Waals surface area contributed by atoms with Gasteiger partial charge in [0.15, 0.2) is 0 Å². The van der Waals surface area contributed by atoms with Gasteiger partial charge in [0.1, 0.15) is 6.61 Å². The van der Waals surface area contributed by atoms with Gasteiger partial charge in [-0.25, -0.2) is 0 Å². The molecule has 4 rings (SSSR count). The summed E-state index contributed by atoms with van der Waals surface area (Å²) in [6, 6.07) is 21.1. The molecule has 0 fully saturated rings. The van der Waals surface area contributed by atoms with Crippen molar-refractivity contribution in [2.45, 2.75) is 12.8 Å². The molecule has 0 radical (unpaired) electrons. The molecule has 0 aliphatic heterocycles. The van der Waals surface area contributed by atoms with Crippen molar-refractivity contribution < 1.29 is 13.9 Å². The van der Waals surface area contributed by atoms with E-state index in [1.807, 2.05) is 60.1 Å². The number of nitrogens with zero attached hydrogens (tertiary/aromatic N) is 1. The van der Waals surface area contributed by atoms with Crippen LogP contribution in [0.2, 0.25) is 0 Å². The number of hydrogen-bond acceptors (Lipinski definition) is 6. The van der Waals surface area contributed by atoms with Gasteiger partial charge in [-0.15, -0.1) is 15.9 Å². The molecule has 1 amide bonds. The largest absolute Gasteiger partial charge is 0.494 e. The van der Waals surface area contributed by atoms with Crippen molar-refractivity contribution in [2.24, 2.45) is 5.92 Å². The first-order valence-corrected chi connectivity index (χ1v) is 12.5. The molecular formula is C26H25N3O3PS+. The van der Waals surface area contributed by atoms with Gasteiger partial charge >= 0.3 is 8.69 Å². The monoisotopic (exact) mass is 490 g/mol. The number of pyridine rings is 1. The second-order valence-electron chi connectivity index (χ2n) is 7.96. The highest BCUT2D eigenvalue weighted by Gasteiger charge is 2.15. The van der Waals surface area contributed by atoms with Crippen LogP contribution in [0.4, 0.5) is 11.4 Å². The highest BCUT2D eigenvalue weighted by Crippen LogP contribution is 2.30. The van der Waals surface area contributed by atoms with Crippen LogP contribution in [0.1, 0.15) is 21.5 Å². The molecule has 2 aromatic heterocycles. The van der Waals surface area contributed by atoms with Gasteiger partial charge in [-0.2, -0.15) is 0 Å². The van der Waals surface area contributed by atoms with Crippen LogP contribution in [0.25, 0.3) is 10.4 Å². The third-order valence-electron chi connectivity index (χ3n) is 5.47. The van der Waals surface area contributed by atoms with E-state index in [2.05, 4.69) is 10.3 Å². The molecule has 2 heterocycles. The zero-order valence-electron chi connectivity index (χ0n) is 18.4. The second-order valence-corrected chi connectivity index (χ2v) is 9.36. The number of nitrogens with one attached hydrogen (secondary N) is 1. The van der Waals surface area contributed by atoms with Crippen molar-refractivity contribution in [3.8, 4) is 10.4 Å². The molecule has 0 bridgehead atoms. The van der Waals surface area contributed by atoms with Crippen LogP contribution in [0.5, 0.6) is 0 Å². The van der Waals surface area contributed by atoms with E-state index in [0.29, 0.717) is 23.5 Å². The average Bonchev–Trinajstić information content (AvgIpc) is 3.40. The summed E-state index contributed by atoms with van der Waals surface area (Å²) in [6.45, 7) is 0.388. The lowest BCUT2D eigenvalue weighted by atomic mass is 9.93. The normalized spacial score (nSPS) is 11.9. The van der Waals surface area contributed by atoms with Crippen molar-refractivity contribution in [3.63, 3.8) is 0 Å². The van der Waals surface area contributed by atoms with Gasteiger partial charge in [-0.1, -0.05) is 30.3 Å². The first kappa shape index (κ1) is 23.8. The third-order valence-corrected chi connectivity index (χ3v) is 6.68. The number of carbonyl (C=O) groups is 1. The minimum Gasteiger partial charge on any atom is -0.397 e. The van der Waals surface area contributed by atoms with E-state index in [1.165, 1.54) is 0 Å². The molecule has 4 aromatic rings. The molecule has 0 aliphatic rings. The van der Waals surface area contributed by atoms with Gasteiger partial charge in [0.25, 0.3) is 5.91 Å². The van der Waals surface area contributed by atoms with Gasteiger partial charge < -0.3 is 11.1 Å². The number of thiophene rings is 1. The first-order valence-electron chi connectivity index (χ1n) is 10.8. The number of nitrogens with two attached hydrogens (primary N) is 1. The number of nitrogen functional groups attached to an aromatic ring is 1. The van der Waals surface area contributed by atoms with Crippen LogP contribution in [0.3, 0.4) is 0 Å². The number of rotatable bonds is 10. The Morgan fingerprint density at radius 3 is 2.59 bits per heavy atom. The minimum absolute atomic E-state index is 0.144. The highest BCUT2D eigenvalue weighted by atomic mass is 32.1. The quantitative estimate of drug-likeness (QED) is 0.210. The molecule has 6 nitrogen and oxygen atoms in total. The molecule has 0 saturated carbocycles. The predicted molar refractivity (Wildman–Crippen MR) is 139 cm³/mol. The van der Waals surface area contributed by atoms with E-state index >= 15 is 0 Å². The fourth-order valence-corrected chi connectivity index (χ4v) is 4.80. The zero-order valence-corrected chi connectivity index (χ0v) is 20.3. The van der Waals surface area contributed by atoms with Crippen LogP contribution in [-0.2, 0) is 21.9 Å². The maximum atomic E-state index is 12.9. The maximum absolute atomic E-state index is 12.9. The van der Waals surface area contributed by atoms with Crippen molar-refractivity contribution in [2.75, 3.05) is 17.7 Å². The SMILES string of the molecule is Nc1ccc(-c2cccs2)cc1NC(=O)c1ccc(CC(CO[PH+]=O)Cc2cccnc2)cc1. The Hall–Kier alpha value is -3.38. The molecule has 8 heteroatoms. The van der Waals surface area contributed by atoms with Crippen molar-refractivity contribution in [3.05, 3.63) is 101 Å². The van der Waals surface area contributed by atoms with Crippen LogP contribution < -0.4 is 11.1 Å². The van der Waals surface area contributed by atoms with E-state index in [0.717, 1.165) is 34.4 Å². The lowest BCUT2D eigenvalue weighted by Gasteiger charge is -2.14. The van der Waals surface area contributed by atoms with Gasteiger partial charge in [0.05, 0.1) is 11.4 Å². The number of carbonyl (C=O) groups excluding carboxylic acids is 1. The molecule has 2 unspecified atom stereocenters. The molecule has 3 N–H and O–H groups in total. The smallest absolute Gasteiger partial charge is 0.397 e. The summed E-state index contributed by atoms with van der Waals surface area (Å²) in [7, 11) is -0.785. The predicted octanol–water partition coefficient (Wildman–Crippen LogP) is 6.00. The van der Waals surface area contributed by atoms with Crippen LogP contribution in [-0.4, -0.2) is 17.5 Å². The Balaban J connectivity index is 1.43. The molecular weight excluding hydrogens is 465 g/mol. The summed E-state index contributed by atoms with van der Waals surface area (Å²) >= 11 is 1.63. The first-order chi connectivity index (χ1) is 16.6. The van der Waals surface area contributed by atoms with Crippen molar-refractivity contribution >= 4 is 37.3 Å². The number of aromatic nitrogens is 1. The lowest BCUT2D eigenvalue weighted by Crippen LogP contribution is -2.15. The third kappa shape index (κ3) is 6.35. The average molecular weight is 491 g/mol. The zero-order chi connectivity index (χ0) is 23.8. The highest BCUT2D eigenvalue weighted by molar-refractivity contribution is 7.17. The number of anilines is 2. The topological polar surface area (TPSA) is 94.3 Å². The van der Waals surface area contributed by atoms with Gasteiger partial charge in [-0.3, -0.25) is 9.78 Å². The summed E-state index contributed by atoms with van der Waals surface area (Å²) in [5, 5.41) is 4.94. The van der Waals surface area contributed by atoms with Gasteiger partial charge in [0, 0.05) is 22.8 Å². The van der Waals surface area contributed by atoms with Crippen LogP contribution >= 0.6 is 20.0 Å². The van der Waals surface area contributed by atoms with Gasteiger partial charge in [0.2, 0.25) is 0 Å². The van der Waals surface area contributed by atoms with Crippen molar-refractivity contribution in [1.82, 2.24) is 4.98 Å². The van der Waals surface area contributed by atoms with E-state index < -0.39 is 8.69 Å². The molecule has 0 spiro atoms. The summed E-state index contributed by atoms with van der Waals surface area (Å²) < 4.78 is 16.1. The Morgan fingerprint density at radius 2 is 1.88 bits per heavy atom. The maximum Gasteiger partial charge on any atom is 0.494 e. The van der Waals surface area contributed by atoms with E-state index in [1.54, 1.807) is 35.7 Å². The van der Waals surface area contributed by atoms with E-state index in [-0.39, 0.29) is 11.8 Å². The summed E-state index contributed by atoms with van der Waals surface area (Å²) in [4.78, 5) is 18.1. The lowest BCUT2D eigenvalue weighted by molar-refractivity contribution is 0.102. The number of hydrogen-bond donors (Lipinski definition) is 2. The van der Waals surface area contributed by atoms with E-state index in [9.17, 15) is 9.36 Å². The standard InChI is InChI=1S/C26H24N3O3PS/c27-23-10-9-22(25-4-2-12-34-25)15-24(23)29-26(30)21-7-5-18(6-8-21)13-20(17-32-33-31)14-19-3-1-11-28-16-19/h1-12,15-16,20,33H,13-14,17,27H2/p+1. The molecule has 2 atom stereocenters. The Labute approximate surface area is 204 Å². The fraction of sp³-hybridized carbons (Fsp3) is 0.154. The van der Waals surface area contributed by atoms with Gasteiger partial charge in [-0.05, 0) is 81.8 Å². The molecule has 2 aromatic carbocycles. The van der Waals surface area contributed by atoms with Crippen LogP contribution in [0, 0.1) is 5.92 Å². The summed E-state index contributed by atoms with van der Waals surface area (Å²) in [5.74, 6) is -0.0745. The Bertz CT molecular complexity index is 1230. The van der Waals surface area contributed by atoms with Crippen molar-refractivity contribution in [1.29, 1.82) is 0 Å². The van der Waals surface area contributed by atoms with E-state index in [4.69, 9.17) is 10.3 Å². The summed E-state index contributed by atoms with van der Waals surface area (Å²) in [6.07, 6.45) is 5.07. The Kier molecular flexibility index (Phi) is 8.15.